The minimum absolute atomic E-state index is 0.00200. The molecule has 0 bridgehead atoms. The van der Waals surface area contributed by atoms with E-state index in [0.29, 0.717) is 19.5 Å². The third-order valence-corrected chi connectivity index (χ3v) is 3.44. The molecule has 19 heavy (non-hydrogen) atoms. The van der Waals surface area contributed by atoms with Crippen LogP contribution in [0, 0.1) is 5.92 Å². The lowest BCUT2D eigenvalue weighted by atomic mass is 9.95. The van der Waals surface area contributed by atoms with Gasteiger partial charge in [-0.15, -0.1) is 0 Å². The van der Waals surface area contributed by atoms with Crippen molar-refractivity contribution in [1.82, 2.24) is 20.0 Å². The van der Waals surface area contributed by atoms with E-state index in [0.717, 1.165) is 6.42 Å². The largest absolute Gasteiger partial charge is 0.352 e. The van der Waals surface area contributed by atoms with E-state index in [1.54, 1.807) is 22.8 Å². The number of hydrogen-bond donors (Lipinski definition) is 1. The number of likely N-dealkylation sites (tertiary alicyclic amines) is 1. The Kier molecular flexibility index (Phi) is 4.19. The molecule has 2 atom stereocenters. The fourth-order valence-electron chi connectivity index (χ4n) is 2.26. The zero-order valence-corrected chi connectivity index (χ0v) is 11.4. The van der Waals surface area contributed by atoms with Gasteiger partial charge in [0.2, 0.25) is 11.8 Å². The Balaban J connectivity index is 1.82. The van der Waals surface area contributed by atoms with Crippen LogP contribution in [0.15, 0.2) is 18.5 Å². The SMILES string of the molecule is C[C@H](Cn1cccn1)NC(=O)[C@@H]1CCN(C)C(=O)C1. The fourth-order valence-corrected chi connectivity index (χ4v) is 2.26. The van der Waals surface area contributed by atoms with Crippen molar-refractivity contribution in [1.29, 1.82) is 0 Å². The van der Waals surface area contributed by atoms with Crippen molar-refractivity contribution < 1.29 is 9.59 Å². The molecule has 2 amide bonds. The van der Waals surface area contributed by atoms with Crippen molar-refractivity contribution in [2.75, 3.05) is 13.6 Å². The Morgan fingerprint density at radius 3 is 3.05 bits per heavy atom. The van der Waals surface area contributed by atoms with Crippen LogP contribution in [0.25, 0.3) is 0 Å². The summed E-state index contributed by atoms with van der Waals surface area (Å²) in [5.74, 6) is -0.170. The van der Waals surface area contributed by atoms with Crippen molar-refractivity contribution >= 4 is 11.8 Å². The van der Waals surface area contributed by atoms with Crippen molar-refractivity contribution in [2.45, 2.75) is 32.4 Å². The first-order valence-electron chi connectivity index (χ1n) is 6.58. The van der Waals surface area contributed by atoms with Gasteiger partial charge in [-0.05, 0) is 19.4 Å². The molecule has 6 nitrogen and oxygen atoms in total. The zero-order chi connectivity index (χ0) is 13.8. The van der Waals surface area contributed by atoms with Gasteiger partial charge in [-0.3, -0.25) is 14.3 Å². The Morgan fingerprint density at radius 2 is 2.42 bits per heavy atom. The van der Waals surface area contributed by atoms with Gasteiger partial charge in [0.15, 0.2) is 0 Å². The number of aromatic nitrogens is 2. The number of piperidine rings is 1. The minimum Gasteiger partial charge on any atom is -0.352 e. The van der Waals surface area contributed by atoms with Gasteiger partial charge in [-0.2, -0.15) is 5.10 Å². The standard InChI is InChI=1S/C13H20N4O2/c1-10(9-17-6-3-5-14-17)15-13(19)11-4-7-16(2)12(18)8-11/h3,5-6,10-11H,4,7-9H2,1-2H3,(H,15,19)/t10-,11-/m1/s1. The lowest BCUT2D eigenvalue weighted by Gasteiger charge is -2.28. The fraction of sp³-hybridized carbons (Fsp3) is 0.615. The zero-order valence-electron chi connectivity index (χ0n) is 11.4. The summed E-state index contributed by atoms with van der Waals surface area (Å²) in [4.78, 5) is 25.3. The van der Waals surface area contributed by atoms with E-state index in [-0.39, 0.29) is 23.8 Å². The van der Waals surface area contributed by atoms with E-state index < -0.39 is 0 Å². The minimum atomic E-state index is -0.191. The normalized spacial score (nSPS) is 21.3. The molecule has 1 aromatic heterocycles. The van der Waals surface area contributed by atoms with E-state index in [4.69, 9.17) is 0 Å². The molecule has 1 aliphatic heterocycles. The van der Waals surface area contributed by atoms with Crippen LogP contribution in [0.5, 0.6) is 0 Å². The second-order valence-corrected chi connectivity index (χ2v) is 5.14. The number of nitrogens with one attached hydrogen (secondary N) is 1. The maximum atomic E-state index is 12.1. The molecule has 0 aliphatic carbocycles. The lowest BCUT2D eigenvalue weighted by Crippen LogP contribution is -2.45. The molecule has 1 aromatic rings. The van der Waals surface area contributed by atoms with E-state index in [9.17, 15) is 9.59 Å². The summed E-state index contributed by atoms with van der Waals surface area (Å²) in [5.41, 5.74) is 0. The topological polar surface area (TPSA) is 67.2 Å². The molecule has 6 heteroatoms. The molecule has 1 N–H and O–H groups in total. The summed E-state index contributed by atoms with van der Waals surface area (Å²) in [6.45, 7) is 3.24. The number of nitrogens with zero attached hydrogens (tertiary/aromatic N) is 3. The van der Waals surface area contributed by atoms with Crippen molar-refractivity contribution in [3.63, 3.8) is 0 Å². The molecule has 1 fully saturated rings. The summed E-state index contributed by atoms with van der Waals surface area (Å²) < 4.78 is 1.78. The molecule has 1 aliphatic rings. The highest BCUT2D eigenvalue weighted by Crippen LogP contribution is 2.17. The van der Waals surface area contributed by atoms with Gasteiger partial charge in [0, 0.05) is 44.4 Å². The lowest BCUT2D eigenvalue weighted by molar-refractivity contribution is -0.139. The predicted octanol–water partition coefficient (Wildman–Crippen LogP) is 0.256. The highest BCUT2D eigenvalue weighted by molar-refractivity contribution is 5.86. The Labute approximate surface area is 112 Å². The van der Waals surface area contributed by atoms with Crippen LogP contribution < -0.4 is 5.32 Å². The molecule has 0 saturated carbocycles. The van der Waals surface area contributed by atoms with Crippen LogP contribution in [0.2, 0.25) is 0 Å². The number of rotatable bonds is 4. The van der Waals surface area contributed by atoms with Crippen molar-refractivity contribution in [2.24, 2.45) is 5.92 Å². The highest BCUT2D eigenvalue weighted by atomic mass is 16.2. The molecule has 2 heterocycles. The van der Waals surface area contributed by atoms with Gasteiger partial charge < -0.3 is 10.2 Å². The van der Waals surface area contributed by atoms with E-state index in [2.05, 4.69) is 10.4 Å². The first kappa shape index (κ1) is 13.6. The Morgan fingerprint density at radius 1 is 1.63 bits per heavy atom. The van der Waals surface area contributed by atoms with Crippen LogP contribution in [0.4, 0.5) is 0 Å². The third-order valence-electron chi connectivity index (χ3n) is 3.44. The molecule has 0 spiro atoms. The van der Waals surface area contributed by atoms with Gasteiger partial charge >= 0.3 is 0 Å². The number of hydrogen-bond acceptors (Lipinski definition) is 3. The smallest absolute Gasteiger partial charge is 0.223 e. The van der Waals surface area contributed by atoms with Gasteiger partial charge in [0.25, 0.3) is 0 Å². The second-order valence-electron chi connectivity index (χ2n) is 5.14. The average molecular weight is 264 g/mol. The van der Waals surface area contributed by atoms with Crippen LogP contribution in [-0.2, 0) is 16.1 Å². The number of carbonyl (C=O) groups excluding carboxylic acids is 2. The predicted molar refractivity (Wildman–Crippen MR) is 70.2 cm³/mol. The van der Waals surface area contributed by atoms with Gasteiger partial charge in [0.1, 0.15) is 0 Å². The van der Waals surface area contributed by atoms with Crippen molar-refractivity contribution in [3.05, 3.63) is 18.5 Å². The monoisotopic (exact) mass is 264 g/mol. The van der Waals surface area contributed by atoms with Crippen LogP contribution >= 0.6 is 0 Å². The molecule has 104 valence electrons. The van der Waals surface area contributed by atoms with Crippen LogP contribution in [0.3, 0.4) is 0 Å². The van der Waals surface area contributed by atoms with Gasteiger partial charge in [-0.25, -0.2) is 0 Å². The van der Waals surface area contributed by atoms with Gasteiger partial charge in [-0.1, -0.05) is 0 Å². The van der Waals surface area contributed by atoms with E-state index in [1.807, 2.05) is 19.2 Å². The number of carbonyl (C=O) groups is 2. The maximum absolute atomic E-state index is 12.1. The first-order chi connectivity index (χ1) is 9.06. The van der Waals surface area contributed by atoms with Crippen LogP contribution in [-0.4, -0.2) is 46.1 Å². The van der Waals surface area contributed by atoms with Crippen LogP contribution in [0.1, 0.15) is 19.8 Å². The summed E-state index contributed by atoms with van der Waals surface area (Å²) in [6, 6.07) is 1.85. The molecule has 0 unspecified atom stereocenters. The quantitative estimate of drug-likeness (QED) is 0.848. The van der Waals surface area contributed by atoms with E-state index in [1.165, 1.54) is 0 Å². The average Bonchev–Trinajstić information content (AvgIpc) is 2.85. The highest BCUT2D eigenvalue weighted by Gasteiger charge is 2.29. The van der Waals surface area contributed by atoms with Gasteiger partial charge in [0.05, 0.1) is 6.54 Å². The summed E-state index contributed by atoms with van der Waals surface area (Å²) in [5, 5.41) is 7.06. The maximum Gasteiger partial charge on any atom is 0.223 e. The van der Waals surface area contributed by atoms with Crippen molar-refractivity contribution in [3.8, 4) is 0 Å². The molecule has 1 saturated heterocycles. The number of amides is 2. The first-order valence-corrected chi connectivity index (χ1v) is 6.58. The summed E-state index contributed by atoms with van der Waals surface area (Å²) >= 11 is 0. The Bertz CT molecular complexity index is 444. The third kappa shape index (κ3) is 3.56. The summed E-state index contributed by atoms with van der Waals surface area (Å²) in [7, 11) is 1.77. The van der Waals surface area contributed by atoms with E-state index >= 15 is 0 Å². The molecular formula is C13H20N4O2. The second kappa shape index (κ2) is 5.86. The summed E-state index contributed by atoms with van der Waals surface area (Å²) in [6.07, 6.45) is 4.63. The Hall–Kier alpha value is -1.85. The molecular weight excluding hydrogens is 244 g/mol. The molecule has 2 rings (SSSR count). The molecule has 0 radical (unpaired) electrons. The molecule has 0 aromatic carbocycles.